The Morgan fingerprint density at radius 3 is 2.15 bits per heavy atom. The van der Waals surface area contributed by atoms with E-state index in [1.165, 1.54) is 16.5 Å². The Labute approximate surface area is 274 Å². The average molecular weight is 654 g/mol. The Kier molecular flexibility index (Phi) is 7.90. The lowest BCUT2D eigenvalue weighted by Gasteiger charge is -2.37. The number of hydrogen-bond acceptors (Lipinski definition) is 8. The Bertz CT molecular complexity index is 2100. The molecule has 2 fully saturated rings. The van der Waals surface area contributed by atoms with Crippen LogP contribution in [0.5, 0.6) is 11.5 Å². The Morgan fingerprint density at radius 1 is 0.809 bits per heavy atom. The number of piperazine rings is 1. The van der Waals surface area contributed by atoms with Gasteiger partial charge in [-0.15, -0.1) is 0 Å². The highest BCUT2D eigenvalue weighted by atomic mass is 35.5. The third-order valence-electron chi connectivity index (χ3n) is 8.82. The van der Waals surface area contributed by atoms with Gasteiger partial charge >= 0.3 is 5.69 Å². The van der Waals surface area contributed by atoms with Crippen molar-refractivity contribution in [2.24, 2.45) is 14.1 Å². The highest BCUT2D eigenvalue weighted by molar-refractivity contribution is 6.30. The first-order valence-corrected chi connectivity index (χ1v) is 15.7. The number of imidazole rings is 1. The molecule has 2 amide bonds. The van der Waals surface area contributed by atoms with Gasteiger partial charge < -0.3 is 9.64 Å². The van der Waals surface area contributed by atoms with E-state index in [2.05, 4.69) is 4.90 Å². The van der Waals surface area contributed by atoms with Crippen molar-refractivity contribution in [3.63, 3.8) is 0 Å². The van der Waals surface area contributed by atoms with Gasteiger partial charge in [0.15, 0.2) is 11.2 Å². The molecule has 47 heavy (non-hydrogen) atoms. The number of anilines is 2. The number of ether oxygens (including phenoxy) is 1. The van der Waals surface area contributed by atoms with Crippen LogP contribution < -0.4 is 25.8 Å². The second-order valence-electron chi connectivity index (χ2n) is 11.7. The monoisotopic (exact) mass is 653 g/mol. The third kappa shape index (κ3) is 5.59. The molecule has 0 bridgehead atoms. The van der Waals surface area contributed by atoms with Crippen LogP contribution in [-0.2, 0) is 30.2 Å². The molecule has 1 atom stereocenters. The van der Waals surface area contributed by atoms with Gasteiger partial charge in [0, 0.05) is 45.3 Å². The van der Waals surface area contributed by atoms with E-state index in [4.69, 9.17) is 21.3 Å². The van der Waals surface area contributed by atoms with Gasteiger partial charge in [-0.1, -0.05) is 41.9 Å². The van der Waals surface area contributed by atoms with Crippen LogP contribution in [0, 0.1) is 0 Å². The van der Waals surface area contributed by atoms with Crippen LogP contribution in [0.3, 0.4) is 0 Å². The van der Waals surface area contributed by atoms with Crippen LogP contribution in [0.4, 0.5) is 11.6 Å². The summed E-state index contributed by atoms with van der Waals surface area (Å²) in [7, 11) is 3.06. The van der Waals surface area contributed by atoms with Crippen LogP contribution >= 0.6 is 11.6 Å². The lowest BCUT2D eigenvalue weighted by molar-refractivity contribution is -0.123. The van der Waals surface area contributed by atoms with Crippen LogP contribution in [-0.4, -0.2) is 67.6 Å². The molecule has 4 heterocycles. The van der Waals surface area contributed by atoms with Gasteiger partial charge in [0.1, 0.15) is 11.5 Å². The fourth-order valence-electron chi connectivity index (χ4n) is 6.29. The van der Waals surface area contributed by atoms with Crippen LogP contribution in [0.25, 0.3) is 11.2 Å². The second kappa shape index (κ2) is 12.2. The van der Waals surface area contributed by atoms with Crippen molar-refractivity contribution in [2.45, 2.75) is 19.0 Å². The summed E-state index contributed by atoms with van der Waals surface area (Å²) in [4.78, 5) is 63.0. The maximum absolute atomic E-state index is 13.6. The molecule has 240 valence electrons. The number of fused-ring (bicyclic) bond motifs is 1. The van der Waals surface area contributed by atoms with Crippen molar-refractivity contribution in [1.82, 2.24) is 23.6 Å². The van der Waals surface area contributed by atoms with E-state index in [0.717, 1.165) is 10.1 Å². The van der Waals surface area contributed by atoms with Gasteiger partial charge in [0.05, 0.1) is 24.7 Å². The number of hydrogen-bond donors (Lipinski definition) is 0. The number of imide groups is 1. The van der Waals surface area contributed by atoms with Crippen LogP contribution in [0.1, 0.15) is 12.0 Å². The molecule has 0 aliphatic carbocycles. The summed E-state index contributed by atoms with van der Waals surface area (Å²) in [5.41, 5.74) is 1.17. The van der Waals surface area contributed by atoms with Gasteiger partial charge in [0.2, 0.25) is 11.9 Å². The van der Waals surface area contributed by atoms with Gasteiger partial charge in [-0.05, 0) is 54.1 Å². The molecule has 2 aromatic heterocycles. The predicted molar refractivity (Wildman–Crippen MR) is 178 cm³/mol. The summed E-state index contributed by atoms with van der Waals surface area (Å²) >= 11 is 6.11. The normalized spacial score (nSPS) is 17.2. The molecule has 12 nitrogen and oxygen atoms in total. The fourth-order valence-corrected chi connectivity index (χ4v) is 6.42. The SMILES string of the molecule is Cn1c(=O)c2c(nc(N3CCN(C4CC(=O)N(c5ccc(Oc6ccccc6)cc5)C4=O)CC3)n2Cc2ccc(Cl)cc2)n(C)c1=O. The Balaban J connectivity index is 1.10. The van der Waals surface area contributed by atoms with E-state index in [1.54, 1.807) is 43.4 Å². The van der Waals surface area contributed by atoms with Crippen LogP contribution in [0.2, 0.25) is 5.02 Å². The van der Waals surface area contributed by atoms with Gasteiger partial charge in [-0.25, -0.2) is 9.69 Å². The Morgan fingerprint density at radius 2 is 1.47 bits per heavy atom. The topological polar surface area (TPSA) is 115 Å². The molecule has 0 spiro atoms. The van der Waals surface area contributed by atoms with Crippen molar-refractivity contribution in [3.05, 3.63) is 110 Å². The zero-order valence-electron chi connectivity index (χ0n) is 25.9. The standard InChI is InChI=1S/C34H32ClN7O5/c1-37-30-29(32(45)38(2)34(37)46)41(21-22-8-10-23(35)11-9-22)33(36-30)40-18-16-39(17-19-40)27-20-28(43)42(31(27)44)24-12-14-26(15-13-24)47-25-6-4-3-5-7-25/h3-15,27H,16-21H2,1-2H3. The largest absolute Gasteiger partial charge is 0.457 e. The number of aromatic nitrogens is 4. The van der Waals surface area contributed by atoms with Gasteiger partial charge in [0.25, 0.3) is 11.5 Å². The number of aryl methyl sites for hydroxylation is 1. The number of para-hydroxylation sites is 1. The first kappa shape index (κ1) is 30.5. The minimum absolute atomic E-state index is 0.0916. The zero-order valence-corrected chi connectivity index (χ0v) is 26.6. The molecule has 5 aromatic rings. The van der Waals surface area contributed by atoms with Crippen molar-refractivity contribution < 1.29 is 14.3 Å². The van der Waals surface area contributed by atoms with E-state index in [9.17, 15) is 19.2 Å². The number of rotatable bonds is 7. The van der Waals surface area contributed by atoms with Gasteiger partial charge in [-0.3, -0.25) is 33.0 Å². The van der Waals surface area contributed by atoms with Crippen molar-refractivity contribution >= 4 is 46.2 Å². The van der Waals surface area contributed by atoms with Crippen molar-refractivity contribution in [1.29, 1.82) is 0 Å². The molecule has 0 saturated carbocycles. The van der Waals surface area contributed by atoms with E-state index >= 15 is 0 Å². The lowest BCUT2D eigenvalue weighted by Crippen LogP contribution is -2.53. The summed E-state index contributed by atoms with van der Waals surface area (Å²) in [6.45, 7) is 2.35. The first-order valence-electron chi connectivity index (χ1n) is 15.3. The highest BCUT2D eigenvalue weighted by Crippen LogP contribution is 2.30. The summed E-state index contributed by atoms with van der Waals surface area (Å²) in [5, 5.41) is 0.603. The molecule has 2 aliphatic heterocycles. The summed E-state index contributed by atoms with van der Waals surface area (Å²) in [5.74, 6) is 1.35. The first-order chi connectivity index (χ1) is 22.7. The van der Waals surface area contributed by atoms with E-state index < -0.39 is 17.3 Å². The number of halogens is 1. The molecule has 3 aromatic carbocycles. The molecule has 0 radical (unpaired) electrons. The number of carbonyl (C=O) groups is 2. The number of carbonyl (C=O) groups excluding carboxylic acids is 2. The summed E-state index contributed by atoms with van der Waals surface area (Å²) < 4.78 is 10.2. The molecule has 1 unspecified atom stereocenters. The second-order valence-corrected chi connectivity index (χ2v) is 12.2. The van der Waals surface area contributed by atoms with E-state index in [0.29, 0.717) is 72.0 Å². The highest BCUT2D eigenvalue weighted by Gasteiger charge is 2.43. The lowest BCUT2D eigenvalue weighted by atomic mass is 10.1. The third-order valence-corrected chi connectivity index (χ3v) is 9.07. The van der Waals surface area contributed by atoms with Crippen molar-refractivity contribution in [2.75, 3.05) is 36.0 Å². The zero-order chi connectivity index (χ0) is 32.8. The average Bonchev–Trinajstić information content (AvgIpc) is 3.61. The summed E-state index contributed by atoms with van der Waals surface area (Å²) in [6.07, 6.45) is 0.0916. The number of nitrogens with zero attached hydrogens (tertiary/aromatic N) is 7. The predicted octanol–water partition coefficient (Wildman–Crippen LogP) is 3.38. The summed E-state index contributed by atoms with van der Waals surface area (Å²) in [6, 6.07) is 23.1. The van der Waals surface area contributed by atoms with E-state index in [-0.39, 0.29) is 18.2 Å². The maximum atomic E-state index is 13.6. The Hall–Kier alpha value is -5.20. The quantitative estimate of drug-likeness (QED) is 0.246. The molecule has 2 aliphatic rings. The minimum Gasteiger partial charge on any atom is -0.457 e. The molecule has 13 heteroatoms. The fraction of sp³-hybridized carbons (Fsp3) is 0.265. The van der Waals surface area contributed by atoms with Crippen LogP contribution in [0.15, 0.2) is 88.5 Å². The molecular weight excluding hydrogens is 622 g/mol. The number of amides is 2. The smallest absolute Gasteiger partial charge is 0.332 e. The number of benzene rings is 3. The molecule has 7 rings (SSSR count). The minimum atomic E-state index is -0.578. The van der Waals surface area contributed by atoms with Crippen molar-refractivity contribution in [3.8, 4) is 11.5 Å². The van der Waals surface area contributed by atoms with E-state index in [1.807, 2.05) is 51.9 Å². The molecule has 2 saturated heterocycles. The molecular formula is C34H32ClN7O5. The maximum Gasteiger partial charge on any atom is 0.332 e. The molecule has 0 N–H and O–H groups in total. The van der Waals surface area contributed by atoms with Gasteiger partial charge in [-0.2, -0.15) is 4.98 Å².